The van der Waals surface area contributed by atoms with Crippen LogP contribution >= 0.6 is 15.9 Å². The number of halogens is 1. The summed E-state index contributed by atoms with van der Waals surface area (Å²) in [5, 5.41) is 7.32. The molecule has 6 heteroatoms. The number of hydrogen-bond acceptors (Lipinski definition) is 3. The van der Waals surface area contributed by atoms with Crippen molar-refractivity contribution in [1.82, 2.24) is 20.1 Å². The summed E-state index contributed by atoms with van der Waals surface area (Å²) in [4.78, 5) is 15.7. The van der Waals surface area contributed by atoms with E-state index in [2.05, 4.69) is 31.3 Å². The molecule has 0 saturated carbocycles. The lowest BCUT2D eigenvalue weighted by Crippen LogP contribution is -2.25. The van der Waals surface area contributed by atoms with Gasteiger partial charge in [-0.1, -0.05) is 0 Å². The fourth-order valence-electron chi connectivity index (χ4n) is 1.93. The average Bonchev–Trinajstić information content (AvgIpc) is 2.71. The Morgan fingerprint density at radius 2 is 2.05 bits per heavy atom. The van der Waals surface area contributed by atoms with Gasteiger partial charge in [-0.15, -0.1) is 0 Å². The first-order valence-corrected chi connectivity index (χ1v) is 7.26. The smallest absolute Gasteiger partial charge is 0.251 e. The molecule has 2 rings (SSSR count). The number of aryl methyl sites for hydroxylation is 2. The average molecular weight is 337 g/mol. The molecule has 0 radical (unpaired) electrons. The molecule has 0 bridgehead atoms. The van der Waals surface area contributed by atoms with Crippen molar-refractivity contribution >= 4 is 21.8 Å². The van der Waals surface area contributed by atoms with E-state index in [1.54, 1.807) is 24.5 Å². The number of hydrogen-bond donors (Lipinski definition) is 1. The van der Waals surface area contributed by atoms with Gasteiger partial charge in [0.25, 0.3) is 5.91 Å². The lowest BCUT2D eigenvalue weighted by Gasteiger charge is -2.06. The van der Waals surface area contributed by atoms with Crippen LogP contribution in [0.5, 0.6) is 0 Å². The highest BCUT2D eigenvalue weighted by Crippen LogP contribution is 2.19. The highest BCUT2D eigenvalue weighted by molar-refractivity contribution is 9.10. The van der Waals surface area contributed by atoms with E-state index in [9.17, 15) is 4.79 Å². The van der Waals surface area contributed by atoms with Gasteiger partial charge in [-0.2, -0.15) is 5.10 Å². The molecule has 0 fully saturated rings. The van der Waals surface area contributed by atoms with Crippen molar-refractivity contribution in [3.63, 3.8) is 0 Å². The van der Waals surface area contributed by atoms with Crippen LogP contribution in [0.2, 0.25) is 0 Å². The Labute approximate surface area is 126 Å². The van der Waals surface area contributed by atoms with E-state index in [0.29, 0.717) is 12.1 Å². The van der Waals surface area contributed by atoms with Crippen LogP contribution in [-0.4, -0.2) is 27.2 Å². The van der Waals surface area contributed by atoms with Crippen LogP contribution in [0.1, 0.15) is 28.2 Å². The third-order valence-electron chi connectivity index (χ3n) is 3.07. The lowest BCUT2D eigenvalue weighted by atomic mass is 10.2. The zero-order chi connectivity index (χ0) is 14.5. The van der Waals surface area contributed by atoms with Gasteiger partial charge < -0.3 is 5.32 Å². The van der Waals surface area contributed by atoms with Crippen LogP contribution < -0.4 is 5.32 Å². The maximum Gasteiger partial charge on any atom is 0.251 e. The Balaban J connectivity index is 1.79. The molecular formula is C14H17BrN4O. The monoisotopic (exact) mass is 336 g/mol. The highest BCUT2D eigenvalue weighted by Gasteiger charge is 2.08. The fraction of sp³-hybridized carbons (Fsp3) is 0.357. The van der Waals surface area contributed by atoms with Crippen LogP contribution in [0.25, 0.3) is 0 Å². The summed E-state index contributed by atoms with van der Waals surface area (Å²) < 4.78 is 3.01. The number of amides is 1. The summed E-state index contributed by atoms with van der Waals surface area (Å²) in [5.74, 6) is -0.0676. The normalized spacial score (nSPS) is 10.6. The van der Waals surface area contributed by atoms with Crippen molar-refractivity contribution in [1.29, 1.82) is 0 Å². The number of rotatable bonds is 5. The summed E-state index contributed by atoms with van der Waals surface area (Å²) in [7, 11) is 0. The molecule has 0 aliphatic rings. The Hall–Kier alpha value is -1.69. The van der Waals surface area contributed by atoms with Gasteiger partial charge in [-0.05, 0) is 48.3 Å². The molecule has 0 atom stereocenters. The lowest BCUT2D eigenvalue weighted by molar-refractivity contribution is 0.0952. The van der Waals surface area contributed by atoms with Gasteiger partial charge in [0.15, 0.2) is 0 Å². The first kappa shape index (κ1) is 14.7. The van der Waals surface area contributed by atoms with Gasteiger partial charge in [-0.3, -0.25) is 14.5 Å². The molecule has 5 nitrogen and oxygen atoms in total. The minimum atomic E-state index is -0.0676. The minimum Gasteiger partial charge on any atom is -0.352 e. The molecule has 0 spiro atoms. The molecule has 2 aromatic rings. The minimum absolute atomic E-state index is 0.0676. The van der Waals surface area contributed by atoms with Crippen molar-refractivity contribution in [2.24, 2.45) is 0 Å². The molecule has 0 aliphatic carbocycles. The summed E-state index contributed by atoms with van der Waals surface area (Å²) >= 11 is 3.50. The second-order valence-corrected chi connectivity index (χ2v) is 5.35. The van der Waals surface area contributed by atoms with Crippen LogP contribution in [0.4, 0.5) is 0 Å². The van der Waals surface area contributed by atoms with Gasteiger partial charge in [0, 0.05) is 36.7 Å². The van der Waals surface area contributed by atoms with E-state index in [4.69, 9.17) is 0 Å². The summed E-state index contributed by atoms with van der Waals surface area (Å²) in [5.41, 5.74) is 2.74. The molecule has 20 heavy (non-hydrogen) atoms. The van der Waals surface area contributed by atoms with Gasteiger partial charge in [-0.25, -0.2) is 0 Å². The third-order valence-corrected chi connectivity index (χ3v) is 4.22. The van der Waals surface area contributed by atoms with E-state index in [1.165, 1.54) is 0 Å². The fourth-order valence-corrected chi connectivity index (χ4v) is 2.21. The Morgan fingerprint density at radius 1 is 1.35 bits per heavy atom. The molecule has 1 N–H and O–H groups in total. The molecule has 2 aromatic heterocycles. The van der Waals surface area contributed by atoms with E-state index in [-0.39, 0.29) is 5.91 Å². The number of pyridine rings is 1. The van der Waals surface area contributed by atoms with Gasteiger partial charge >= 0.3 is 0 Å². The largest absolute Gasteiger partial charge is 0.352 e. The number of nitrogens with zero attached hydrogens (tertiary/aromatic N) is 3. The quantitative estimate of drug-likeness (QED) is 0.853. The van der Waals surface area contributed by atoms with Crippen LogP contribution in [-0.2, 0) is 6.54 Å². The van der Waals surface area contributed by atoms with Gasteiger partial charge in [0.05, 0.1) is 10.2 Å². The number of carbonyl (C=O) groups is 1. The first-order valence-electron chi connectivity index (χ1n) is 6.47. The van der Waals surface area contributed by atoms with Gasteiger partial charge in [0.1, 0.15) is 0 Å². The molecular weight excluding hydrogens is 320 g/mol. The molecule has 0 unspecified atom stereocenters. The third kappa shape index (κ3) is 3.45. The molecule has 0 saturated heterocycles. The van der Waals surface area contributed by atoms with Crippen molar-refractivity contribution in [3.05, 3.63) is 46.0 Å². The molecule has 2 heterocycles. The highest BCUT2D eigenvalue weighted by atomic mass is 79.9. The van der Waals surface area contributed by atoms with Crippen LogP contribution in [0, 0.1) is 13.8 Å². The zero-order valence-electron chi connectivity index (χ0n) is 11.6. The van der Waals surface area contributed by atoms with Crippen LogP contribution in [0.15, 0.2) is 29.0 Å². The van der Waals surface area contributed by atoms with Crippen molar-refractivity contribution in [2.75, 3.05) is 6.54 Å². The van der Waals surface area contributed by atoms with E-state index in [1.807, 2.05) is 18.5 Å². The summed E-state index contributed by atoms with van der Waals surface area (Å²) in [6.07, 6.45) is 4.07. The number of nitrogens with one attached hydrogen (secondary N) is 1. The Morgan fingerprint density at radius 3 is 2.65 bits per heavy atom. The molecule has 0 aliphatic heterocycles. The Kier molecular flexibility index (Phi) is 4.89. The van der Waals surface area contributed by atoms with Crippen LogP contribution in [0.3, 0.4) is 0 Å². The molecule has 106 valence electrons. The maximum atomic E-state index is 11.8. The topological polar surface area (TPSA) is 59.8 Å². The second kappa shape index (κ2) is 6.65. The van der Waals surface area contributed by atoms with E-state index in [0.717, 1.165) is 28.8 Å². The Bertz CT molecular complexity index is 595. The predicted molar refractivity (Wildman–Crippen MR) is 80.6 cm³/mol. The first-order chi connectivity index (χ1) is 9.59. The number of carbonyl (C=O) groups excluding carboxylic acids is 1. The number of aromatic nitrogens is 3. The van der Waals surface area contributed by atoms with E-state index >= 15 is 0 Å². The standard InChI is InChI=1S/C14H17BrN4O/c1-10-13(15)11(2)19(18-10)9-3-6-17-14(20)12-4-7-16-8-5-12/h4-5,7-8H,3,6,9H2,1-2H3,(H,17,20). The maximum absolute atomic E-state index is 11.8. The van der Waals surface area contributed by atoms with E-state index < -0.39 is 0 Å². The van der Waals surface area contributed by atoms with Crippen molar-refractivity contribution < 1.29 is 4.79 Å². The van der Waals surface area contributed by atoms with Gasteiger partial charge in [0.2, 0.25) is 0 Å². The van der Waals surface area contributed by atoms with Crippen molar-refractivity contribution in [3.8, 4) is 0 Å². The molecule has 0 aromatic carbocycles. The summed E-state index contributed by atoms with van der Waals surface area (Å²) in [6, 6.07) is 3.40. The zero-order valence-corrected chi connectivity index (χ0v) is 13.1. The summed E-state index contributed by atoms with van der Waals surface area (Å²) in [6.45, 7) is 5.41. The predicted octanol–water partition coefficient (Wildman–Crippen LogP) is 2.48. The molecule has 1 amide bonds. The van der Waals surface area contributed by atoms with Crippen molar-refractivity contribution in [2.45, 2.75) is 26.8 Å². The SMILES string of the molecule is Cc1nn(CCCNC(=O)c2ccncc2)c(C)c1Br. The second-order valence-electron chi connectivity index (χ2n) is 4.55.